The molecule has 0 saturated carbocycles. The molecule has 2 N–H and O–H groups in total. The van der Waals surface area contributed by atoms with Crippen LogP contribution < -0.4 is 19.7 Å². The number of rotatable bonds is 10. The van der Waals surface area contributed by atoms with Crippen LogP contribution in [0.1, 0.15) is 15.9 Å². The van der Waals surface area contributed by atoms with E-state index >= 15 is 0 Å². The molecule has 0 saturated heterocycles. The minimum Gasteiger partial charge on any atom is -0.497 e. The highest BCUT2D eigenvalue weighted by atomic mass is 32.2. The van der Waals surface area contributed by atoms with Crippen LogP contribution in [0.15, 0.2) is 90.3 Å². The maximum atomic E-state index is 13.5. The monoisotopic (exact) mass is 493 g/mol. The quantitative estimate of drug-likeness (QED) is 0.419. The Hall–Kier alpha value is -4.11. The number of amides is 2. The van der Waals surface area contributed by atoms with Gasteiger partial charge >= 0.3 is 0 Å². The molecule has 0 aliphatic heterocycles. The molecule has 9 heteroatoms. The zero-order chi connectivity index (χ0) is 25.4. The number of anilines is 2. The van der Waals surface area contributed by atoms with Crippen molar-refractivity contribution < 1.29 is 22.7 Å². The third-order valence-electron chi connectivity index (χ3n) is 5.11. The molecule has 0 atom stereocenters. The second kappa shape index (κ2) is 11.3. The predicted molar refractivity (Wildman–Crippen MR) is 136 cm³/mol. The van der Waals surface area contributed by atoms with Gasteiger partial charge in [-0.15, -0.1) is 6.58 Å². The van der Waals surface area contributed by atoms with Crippen molar-refractivity contribution in [2.24, 2.45) is 0 Å². The van der Waals surface area contributed by atoms with Crippen LogP contribution in [-0.4, -0.2) is 40.4 Å². The van der Waals surface area contributed by atoms with Crippen LogP contribution in [0.5, 0.6) is 5.75 Å². The van der Waals surface area contributed by atoms with E-state index in [-0.39, 0.29) is 28.6 Å². The third-order valence-corrected chi connectivity index (χ3v) is 6.90. The van der Waals surface area contributed by atoms with Gasteiger partial charge in [0.15, 0.2) is 0 Å². The maximum Gasteiger partial charge on any atom is 0.264 e. The van der Waals surface area contributed by atoms with Gasteiger partial charge in [0.1, 0.15) is 12.3 Å². The van der Waals surface area contributed by atoms with E-state index in [1.807, 2.05) is 6.92 Å². The van der Waals surface area contributed by atoms with Crippen molar-refractivity contribution in [1.82, 2.24) is 5.32 Å². The number of aryl methyl sites for hydroxylation is 1. The van der Waals surface area contributed by atoms with E-state index < -0.39 is 22.5 Å². The number of methoxy groups -OCH3 is 1. The van der Waals surface area contributed by atoms with Crippen molar-refractivity contribution in [3.05, 3.63) is 96.6 Å². The van der Waals surface area contributed by atoms with Gasteiger partial charge in [0.2, 0.25) is 5.91 Å². The number of nitrogens with one attached hydrogen (secondary N) is 2. The van der Waals surface area contributed by atoms with E-state index in [0.29, 0.717) is 11.4 Å². The molecule has 3 aromatic rings. The molecule has 0 unspecified atom stereocenters. The lowest BCUT2D eigenvalue weighted by molar-refractivity contribution is -0.114. The summed E-state index contributed by atoms with van der Waals surface area (Å²) in [5.41, 5.74) is 1.71. The van der Waals surface area contributed by atoms with E-state index in [0.717, 1.165) is 9.87 Å². The van der Waals surface area contributed by atoms with Crippen molar-refractivity contribution in [3.63, 3.8) is 0 Å². The maximum absolute atomic E-state index is 13.5. The van der Waals surface area contributed by atoms with E-state index in [9.17, 15) is 18.0 Å². The molecule has 0 aliphatic rings. The van der Waals surface area contributed by atoms with Crippen LogP contribution in [0.25, 0.3) is 0 Å². The van der Waals surface area contributed by atoms with Gasteiger partial charge < -0.3 is 15.4 Å². The minimum absolute atomic E-state index is 0.0518. The summed E-state index contributed by atoms with van der Waals surface area (Å²) in [5, 5.41) is 5.33. The molecule has 0 radical (unpaired) electrons. The fourth-order valence-corrected chi connectivity index (χ4v) is 4.69. The van der Waals surface area contributed by atoms with Crippen molar-refractivity contribution >= 4 is 33.2 Å². The first-order chi connectivity index (χ1) is 16.8. The van der Waals surface area contributed by atoms with E-state index in [1.54, 1.807) is 66.7 Å². The number of hydrogen-bond donors (Lipinski definition) is 2. The molecule has 0 aromatic heterocycles. The number of hydrogen-bond acceptors (Lipinski definition) is 5. The topological polar surface area (TPSA) is 105 Å². The van der Waals surface area contributed by atoms with Crippen molar-refractivity contribution in [3.8, 4) is 5.75 Å². The van der Waals surface area contributed by atoms with Gasteiger partial charge in [0.25, 0.3) is 15.9 Å². The number of carbonyl (C=O) groups excluding carboxylic acids is 2. The largest absolute Gasteiger partial charge is 0.497 e. The second-order valence-electron chi connectivity index (χ2n) is 7.62. The first kappa shape index (κ1) is 25.5. The van der Waals surface area contributed by atoms with Gasteiger partial charge in [0.05, 0.1) is 28.9 Å². The Morgan fingerprint density at radius 1 is 1.00 bits per heavy atom. The number of nitrogens with zero attached hydrogens (tertiary/aromatic N) is 1. The van der Waals surface area contributed by atoms with E-state index in [2.05, 4.69) is 17.2 Å². The molecule has 0 bridgehead atoms. The lowest BCUT2D eigenvalue weighted by atomic mass is 10.1. The van der Waals surface area contributed by atoms with Crippen molar-refractivity contribution in [2.75, 3.05) is 29.8 Å². The molecule has 2 amide bonds. The minimum atomic E-state index is -4.07. The number of sulfonamides is 1. The van der Waals surface area contributed by atoms with Crippen LogP contribution in [-0.2, 0) is 14.8 Å². The number of ether oxygens (including phenoxy) is 1. The first-order valence-corrected chi connectivity index (χ1v) is 12.2. The average molecular weight is 494 g/mol. The Bertz CT molecular complexity index is 1300. The molecule has 0 fully saturated rings. The van der Waals surface area contributed by atoms with Gasteiger partial charge in [-0.2, -0.15) is 0 Å². The predicted octanol–water partition coefficient (Wildman–Crippen LogP) is 3.75. The van der Waals surface area contributed by atoms with Gasteiger partial charge in [-0.05, 0) is 55.5 Å². The molecule has 0 heterocycles. The molecule has 0 spiro atoms. The van der Waals surface area contributed by atoms with Gasteiger partial charge in [-0.3, -0.25) is 13.9 Å². The first-order valence-electron chi connectivity index (χ1n) is 10.8. The average Bonchev–Trinajstić information content (AvgIpc) is 2.86. The smallest absolute Gasteiger partial charge is 0.264 e. The molecule has 3 rings (SSSR count). The molecule has 3 aromatic carbocycles. The van der Waals surface area contributed by atoms with Gasteiger partial charge in [-0.1, -0.05) is 35.9 Å². The Morgan fingerprint density at radius 3 is 2.29 bits per heavy atom. The Balaban J connectivity index is 1.92. The normalized spacial score (nSPS) is 10.8. The van der Waals surface area contributed by atoms with Crippen LogP contribution in [0.3, 0.4) is 0 Å². The van der Waals surface area contributed by atoms with Crippen molar-refractivity contribution in [1.29, 1.82) is 0 Å². The summed E-state index contributed by atoms with van der Waals surface area (Å²) in [7, 11) is -2.57. The SMILES string of the molecule is C=CCNC(=O)c1ccccc1NC(=O)CN(c1ccc(OC)cc1)S(=O)(=O)c1ccc(C)cc1. The summed E-state index contributed by atoms with van der Waals surface area (Å²) >= 11 is 0. The molecule has 35 heavy (non-hydrogen) atoms. The summed E-state index contributed by atoms with van der Waals surface area (Å²) in [6.07, 6.45) is 1.54. The highest BCUT2D eigenvalue weighted by Gasteiger charge is 2.27. The number of carbonyl (C=O) groups is 2. The Kier molecular flexibility index (Phi) is 8.27. The lowest BCUT2D eigenvalue weighted by Crippen LogP contribution is -2.38. The van der Waals surface area contributed by atoms with Crippen molar-refractivity contribution in [2.45, 2.75) is 11.8 Å². The number of benzene rings is 3. The molecule has 182 valence electrons. The fraction of sp³-hybridized carbons (Fsp3) is 0.154. The van der Waals surface area contributed by atoms with E-state index in [4.69, 9.17) is 4.74 Å². The standard InChI is InChI=1S/C26H27N3O5S/c1-4-17-27-26(31)23-7-5-6-8-24(23)28-25(30)18-29(20-11-13-21(34-3)14-12-20)35(32,33)22-15-9-19(2)10-16-22/h4-16H,1,17-18H2,2-3H3,(H,27,31)(H,28,30). The summed E-state index contributed by atoms with van der Waals surface area (Å²) in [6.45, 7) is 5.18. The molecular weight excluding hydrogens is 466 g/mol. The summed E-state index contributed by atoms with van der Waals surface area (Å²) in [6, 6.07) is 19.2. The van der Waals surface area contributed by atoms with Crippen LogP contribution >= 0.6 is 0 Å². The van der Waals surface area contributed by atoms with Gasteiger partial charge in [-0.25, -0.2) is 8.42 Å². The Labute approximate surface area is 205 Å². The summed E-state index contributed by atoms with van der Waals surface area (Å²) < 4.78 is 33.2. The number of para-hydroxylation sites is 1. The van der Waals surface area contributed by atoms with Crippen LogP contribution in [0, 0.1) is 6.92 Å². The molecule has 0 aliphatic carbocycles. The highest BCUT2D eigenvalue weighted by molar-refractivity contribution is 7.92. The highest BCUT2D eigenvalue weighted by Crippen LogP contribution is 2.26. The van der Waals surface area contributed by atoms with E-state index in [1.165, 1.54) is 19.2 Å². The zero-order valence-corrected chi connectivity index (χ0v) is 20.3. The third kappa shape index (κ3) is 6.27. The van der Waals surface area contributed by atoms with Gasteiger partial charge in [0, 0.05) is 6.54 Å². The summed E-state index contributed by atoms with van der Waals surface area (Å²) in [5.74, 6) is -0.453. The molecular formula is C26H27N3O5S. The van der Waals surface area contributed by atoms with Crippen LogP contribution in [0.2, 0.25) is 0 Å². The summed E-state index contributed by atoms with van der Waals surface area (Å²) in [4.78, 5) is 25.6. The Morgan fingerprint density at radius 2 is 1.66 bits per heavy atom. The lowest BCUT2D eigenvalue weighted by Gasteiger charge is -2.24. The zero-order valence-electron chi connectivity index (χ0n) is 19.5. The molecule has 8 nitrogen and oxygen atoms in total. The fourth-order valence-electron chi connectivity index (χ4n) is 3.27. The van der Waals surface area contributed by atoms with Crippen LogP contribution in [0.4, 0.5) is 11.4 Å². The second-order valence-corrected chi connectivity index (χ2v) is 9.48.